The number of carbonyl (C=O) groups excluding carboxylic acids is 3. The molecule has 2 aromatic rings. The fraction of sp³-hybridized carbons (Fsp3) is 0.286. The van der Waals surface area contributed by atoms with E-state index in [2.05, 4.69) is 10.6 Å². The van der Waals surface area contributed by atoms with Crippen LogP contribution in [0.25, 0.3) is 0 Å². The van der Waals surface area contributed by atoms with Crippen LogP contribution in [0, 0.1) is 11.7 Å². The van der Waals surface area contributed by atoms with Crippen molar-refractivity contribution in [2.45, 2.75) is 25.8 Å². The number of amides is 4. The van der Waals surface area contributed by atoms with Gasteiger partial charge in [-0.15, -0.1) is 0 Å². The smallest absolute Gasteiger partial charge is 0.324 e. The number of nitrogens with one attached hydrogen (secondary N) is 2. The molecule has 6 nitrogen and oxygen atoms in total. The summed E-state index contributed by atoms with van der Waals surface area (Å²) in [7, 11) is 0. The fourth-order valence-corrected chi connectivity index (χ4v) is 3.66. The van der Waals surface area contributed by atoms with Crippen molar-refractivity contribution in [3.63, 3.8) is 0 Å². The normalized spacial score (nSPS) is 18.9. The largest absolute Gasteiger partial charge is 0.325 e. The highest BCUT2D eigenvalue weighted by atomic mass is 35.5. The van der Waals surface area contributed by atoms with Crippen molar-refractivity contribution in [3.8, 4) is 0 Å². The van der Waals surface area contributed by atoms with E-state index in [-0.39, 0.29) is 16.6 Å². The van der Waals surface area contributed by atoms with E-state index in [0.29, 0.717) is 12.0 Å². The van der Waals surface area contributed by atoms with Gasteiger partial charge in [0.2, 0.25) is 5.91 Å². The molecule has 1 unspecified atom stereocenters. The lowest BCUT2D eigenvalue weighted by Gasteiger charge is -2.29. The summed E-state index contributed by atoms with van der Waals surface area (Å²) in [5, 5.41) is 5.17. The molecule has 1 atom stereocenters. The van der Waals surface area contributed by atoms with Gasteiger partial charge in [-0.05, 0) is 36.1 Å². The number of imide groups is 1. The first kappa shape index (κ1) is 20.8. The Morgan fingerprint density at radius 2 is 1.90 bits per heavy atom. The predicted molar refractivity (Wildman–Crippen MR) is 108 cm³/mol. The maximum Gasteiger partial charge on any atom is 0.325 e. The van der Waals surface area contributed by atoms with Gasteiger partial charge in [0.25, 0.3) is 5.91 Å². The van der Waals surface area contributed by atoms with E-state index in [9.17, 15) is 18.8 Å². The molecule has 1 saturated heterocycles. The first-order valence-electron chi connectivity index (χ1n) is 9.17. The Kier molecular flexibility index (Phi) is 5.88. The zero-order valence-electron chi connectivity index (χ0n) is 16.0. The molecule has 8 heteroatoms. The number of nitrogens with zero attached hydrogens (tertiary/aromatic N) is 1. The molecule has 0 aliphatic carbocycles. The molecular formula is C21H21ClFN3O3. The molecule has 0 saturated carbocycles. The number of urea groups is 1. The number of hydrogen-bond acceptors (Lipinski definition) is 3. The lowest BCUT2D eigenvalue weighted by Crippen LogP contribution is -2.45. The average Bonchev–Trinajstić information content (AvgIpc) is 2.90. The van der Waals surface area contributed by atoms with E-state index in [1.165, 1.54) is 12.1 Å². The van der Waals surface area contributed by atoms with Gasteiger partial charge >= 0.3 is 6.03 Å². The topological polar surface area (TPSA) is 78.5 Å². The van der Waals surface area contributed by atoms with Crippen LogP contribution in [0.15, 0.2) is 48.5 Å². The number of benzene rings is 2. The quantitative estimate of drug-likeness (QED) is 0.699. The van der Waals surface area contributed by atoms with Gasteiger partial charge in [0.05, 0.1) is 5.02 Å². The van der Waals surface area contributed by atoms with Crippen LogP contribution in [-0.2, 0) is 15.1 Å². The van der Waals surface area contributed by atoms with Crippen LogP contribution in [0.5, 0.6) is 0 Å². The zero-order valence-corrected chi connectivity index (χ0v) is 16.8. The molecule has 0 bridgehead atoms. The second-order valence-corrected chi connectivity index (χ2v) is 7.78. The Morgan fingerprint density at radius 1 is 1.21 bits per heavy atom. The number of halogens is 2. The Bertz CT molecular complexity index is 951. The summed E-state index contributed by atoms with van der Waals surface area (Å²) in [5.74, 6) is -1.56. The van der Waals surface area contributed by atoms with Gasteiger partial charge in [0.1, 0.15) is 17.9 Å². The summed E-state index contributed by atoms with van der Waals surface area (Å²) >= 11 is 5.71. The Balaban J connectivity index is 1.81. The molecule has 1 aliphatic rings. The van der Waals surface area contributed by atoms with Crippen molar-refractivity contribution in [3.05, 3.63) is 64.9 Å². The SMILES string of the molecule is CC(C)CC1(c2ccccc2)NC(=O)N(CC(=O)Nc2ccc(F)c(Cl)c2)C1=O. The summed E-state index contributed by atoms with van der Waals surface area (Å²) < 4.78 is 13.3. The van der Waals surface area contributed by atoms with Gasteiger partial charge < -0.3 is 10.6 Å². The Hall–Kier alpha value is -2.93. The van der Waals surface area contributed by atoms with E-state index in [0.717, 1.165) is 11.0 Å². The number of rotatable bonds is 6. The molecule has 3 rings (SSSR count). The van der Waals surface area contributed by atoms with E-state index in [1.807, 2.05) is 19.9 Å². The van der Waals surface area contributed by atoms with Crippen LogP contribution in [0.1, 0.15) is 25.8 Å². The third-order valence-corrected chi connectivity index (χ3v) is 4.95. The summed E-state index contributed by atoms with van der Waals surface area (Å²) in [4.78, 5) is 39.1. The van der Waals surface area contributed by atoms with Crippen molar-refractivity contribution >= 4 is 35.1 Å². The lowest BCUT2D eigenvalue weighted by molar-refractivity contribution is -0.134. The Labute approximate surface area is 173 Å². The third-order valence-electron chi connectivity index (χ3n) is 4.66. The summed E-state index contributed by atoms with van der Waals surface area (Å²) in [6.45, 7) is 3.45. The first-order chi connectivity index (χ1) is 13.7. The molecule has 29 heavy (non-hydrogen) atoms. The van der Waals surface area contributed by atoms with Gasteiger partial charge in [-0.3, -0.25) is 14.5 Å². The van der Waals surface area contributed by atoms with Crippen molar-refractivity contribution in [1.29, 1.82) is 0 Å². The van der Waals surface area contributed by atoms with Gasteiger partial charge in [-0.1, -0.05) is 55.8 Å². The molecule has 2 N–H and O–H groups in total. The molecule has 1 aliphatic heterocycles. The minimum Gasteiger partial charge on any atom is -0.324 e. The molecule has 152 valence electrons. The predicted octanol–water partition coefficient (Wildman–Crippen LogP) is 3.91. The number of hydrogen-bond donors (Lipinski definition) is 2. The molecule has 1 fully saturated rings. The van der Waals surface area contributed by atoms with Crippen LogP contribution >= 0.6 is 11.6 Å². The van der Waals surface area contributed by atoms with Crippen molar-refractivity contribution in [1.82, 2.24) is 10.2 Å². The first-order valence-corrected chi connectivity index (χ1v) is 9.55. The third kappa shape index (κ3) is 4.24. The van der Waals surface area contributed by atoms with Gasteiger partial charge in [-0.2, -0.15) is 0 Å². The fourth-order valence-electron chi connectivity index (χ4n) is 3.47. The summed E-state index contributed by atoms with van der Waals surface area (Å²) in [6, 6.07) is 12.1. The molecule has 4 amide bonds. The minimum absolute atomic E-state index is 0.120. The summed E-state index contributed by atoms with van der Waals surface area (Å²) in [5.41, 5.74) is -0.281. The second-order valence-electron chi connectivity index (χ2n) is 7.37. The van der Waals surface area contributed by atoms with Crippen molar-refractivity contribution < 1.29 is 18.8 Å². The van der Waals surface area contributed by atoms with Gasteiger partial charge in [0.15, 0.2) is 0 Å². The molecular weight excluding hydrogens is 397 g/mol. The maximum atomic E-state index is 13.3. The molecule has 1 heterocycles. The van der Waals surface area contributed by atoms with Crippen molar-refractivity contribution in [2.75, 3.05) is 11.9 Å². The van der Waals surface area contributed by atoms with Crippen LogP contribution in [0.2, 0.25) is 5.02 Å². The second kappa shape index (κ2) is 8.21. The number of anilines is 1. The van der Waals surface area contributed by atoms with Crippen molar-refractivity contribution in [2.24, 2.45) is 5.92 Å². The van der Waals surface area contributed by atoms with E-state index in [4.69, 9.17) is 11.6 Å². The summed E-state index contributed by atoms with van der Waals surface area (Å²) in [6.07, 6.45) is 0.396. The van der Waals surface area contributed by atoms with Crippen LogP contribution < -0.4 is 10.6 Å². The van der Waals surface area contributed by atoms with Crippen LogP contribution in [0.3, 0.4) is 0 Å². The standard InChI is InChI=1S/C21H21ClFN3O3/c1-13(2)11-21(14-6-4-3-5-7-14)19(28)26(20(29)25-21)12-18(27)24-15-8-9-17(23)16(22)10-15/h3-10,13H,11-12H2,1-2H3,(H,24,27)(H,25,29). The number of carbonyl (C=O) groups is 3. The molecule has 0 radical (unpaired) electrons. The lowest BCUT2D eigenvalue weighted by atomic mass is 9.82. The van der Waals surface area contributed by atoms with Gasteiger partial charge in [-0.25, -0.2) is 9.18 Å². The highest BCUT2D eigenvalue weighted by molar-refractivity contribution is 6.31. The minimum atomic E-state index is -1.22. The molecule has 0 spiro atoms. The molecule has 0 aromatic heterocycles. The monoisotopic (exact) mass is 417 g/mol. The van der Waals surface area contributed by atoms with E-state index >= 15 is 0 Å². The van der Waals surface area contributed by atoms with Crippen LogP contribution in [0.4, 0.5) is 14.9 Å². The average molecular weight is 418 g/mol. The Morgan fingerprint density at radius 3 is 2.52 bits per heavy atom. The maximum absolute atomic E-state index is 13.3. The zero-order chi connectivity index (χ0) is 21.2. The van der Waals surface area contributed by atoms with E-state index in [1.54, 1.807) is 24.3 Å². The highest BCUT2D eigenvalue weighted by Gasteiger charge is 2.52. The van der Waals surface area contributed by atoms with Gasteiger partial charge in [0, 0.05) is 5.69 Å². The van der Waals surface area contributed by atoms with Crippen LogP contribution in [-0.4, -0.2) is 29.3 Å². The molecule has 2 aromatic carbocycles. The highest BCUT2D eigenvalue weighted by Crippen LogP contribution is 2.35. The van der Waals surface area contributed by atoms with E-state index < -0.39 is 35.7 Å².